The van der Waals surface area contributed by atoms with Crippen LogP contribution < -0.4 is 5.32 Å². The van der Waals surface area contributed by atoms with Gasteiger partial charge in [0.1, 0.15) is 5.82 Å². The van der Waals surface area contributed by atoms with Gasteiger partial charge in [0.05, 0.1) is 17.1 Å². The summed E-state index contributed by atoms with van der Waals surface area (Å²) >= 11 is 0. The van der Waals surface area contributed by atoms with Crippen molar-refractivity contribution >= 4 is 22.9 Å². The molecule has 7 heteroatoms. The van der Waals surface area contributed by atoms with Gasteiger partial charge in [-0.25, -0.2) is 9.97 Å². The fourth-order valence-corrected chi connectivity index (χ4v) is 3.96. The normalized spacial score (nSPS) is 20.3. The van der Waals surface area contributed by atoms with Gasteiger partial charge in [0.2, 0.25) is 11.9 Å². The number of para-hydroxylation sites is 2. The fraction of sp³-hybridized carbons (Fsp3) is 0.421. The molecule has 0 saturated carbocycles. The predicted octanol–water partition coefficient (Wildman–Crippen LogP) is 2.33. The molecule has 1 amide bonds. The zero-order chi connectivity index (χ0) is 18.3. The number of benzene rings is 1. The SMILES string of the molecule is CCN1C(=O)C[C@@H](CNc2nc3ccccc3n2C)[C@@H]1c1nccn1C. The van der Waals surface area contributed by atoms with Crippen molar-refractivity contribution in [1.82, 2.24) is 24.0 Å². The van der Waals surface area contributed by atoms with Gasteiger partial charge in [-0.15, -0.1) is 0 Å². The van der Waals surface area contributed by atoms with E-state index in [4.69, 9.17) is 0 Å². The largest absolute Gasteiger partial charge is 0.355 e. The Morgan fingerprint density at radius 1 is 1.27 bits per heavy atom. The third kappa shape index (κ3) is 2.64. The monoisotopic (exact) mass is 352 g/mol. The smallest absolute Gasteiger partial charge is 0.223 e. The van der Waals surface area contributed by atoms with Crippen LogP contribution in [0.25, 0.3) is 11.0 Å². The molecule has 26 heavy (non-hydrogen) atoms. The molecule has 0 unspecified atom stereocenters. The van der Waals surface area contributed by atoms with Crippen LogP contribution in [0.2, 0.25) is 0 Å². The Morgan fingerprint density at radius 3 is 2.77 bits per heavy atom. The number of aromatic nitrogens is 4. The van der Waals surface area contributed by atoms with E-state index in [1.54, 1.807) is 6.20 Å². The molecule has 3 aromatic rings. The number of anilines is 1. The third-order valence-corrected chi connectivity index (χ3v) is 5.31. The van der Waals surface area contributed by atoms with E-state index in [0.29, 0.717) is 19.5 Å². The lowest BCUT2D eigenvalue weighted by molar-refractivity contribution is -0.128. The van der Waals surface area contributed by atoms with Crippen molar-refractivity contribution in [2.75, 3.05) is 18.4 Å². The summed E-state index contributed by atoms with van der Waals surface area (Å²) in [4.78, 5) is 23.6. The number of hydrogen-bond acceptors (Lipinski definition) is 4. The molecule has 2 atom stereocenters. The van der Waals surface area contributed by atoms with E-state index < -0.39 is 0 Å². The molecular formula is C19H24N6O. The summed E-state index contributed by atoms with van der Waals surface area (Å²) < 4.78 is 4.06. The zero-order valence-electron chi connectivity index (χ0n) is 15.4. The Bertz CT molecular complexity index is 943. The van der Waals surface area contributed by atoms with Crippen LogP contribution >= 0.6 is 0 Å². The number of likely N-dealkylation sites (tertiary alicyclic amines) is 1. The van der Waals surface area contributed by atoms with Crippen molar-refractivity contribution in [2.24, 2.45) is 20.0 Å². The van der Waals surface area contributed by atoms with Gasteiger partial charge >= 0.3 is 0 Å². The Labute approximate surface area is 152 Å². The molecule has 2 aromatic heterocycles. The second-order valence-electron chi connectivity index (χ2n) is 6.85. The summed E-state index contributed by atoms with van der Waals surface area (Å²) in [6.07, 6.45) is 4.26. The minimum Gasteiger partial charge on any atom is -0.355 e. The van der Waals surface area contributed by atoms with E-state index in [2.05, 4.69) is 25.9 Å². The minimum absolute atomic E-state index is 0.00492. The van der Waals surface area contributed by atoms with E-state index in [1.165, 1.54) is 0 Å². The maximum absolute atomic E-state index is 12.5. The van der Waals surface area contributed by atoms with Crippen LogP contribution in [0.5, 0.6) is 0 Å². The second-order valence-corrected chi connectivity index (χ2v) is 6.85. The second kappa shape index (κ2) is 6.48. The molecule has 0 bridgehead atoms. The quantitative estimate of drug-likeness (QED) is 0.765. The van der Waals surface area contributed by atoms with Crippen LogP contribution in [0.3, 0.4) is 0 Å². The number of aryl methyl sites for hydroxylation is 2. The third-order valence-electron chi connectivity index (χ3n) is 5.31. The number of nitrogens with one attached hydrogen (secondary N) is 1. The first-order valence-corrected chi connectivity index (χ1v) is 9.02. The number of fused-ring (bicyclic) bond motifs is 1. The van der Waals surface area contributed by atoms with Gasteiger partial charge in [0, 0.05) is 51.9 Å². The summed E-state index contributed by atoms with van der Waals surface area (Å²) in [5.41, 5.74) is 2.06. The molecule has 1 fully saturated rings. The highest BCUT2D eigenvalue weighted by molar-refractivity contribution is 5.80. The van der Waals surface area contributed by atoms with Gasteiger partial charge in [0.15, 0.2) is 0 Å². The molecule has 1 aromatic carbocycles. The molecule has 3 heterocycles. The molecule has 136 valence electrons. The van der Waals surface area contributed by atoms with Crippen molar-refractivity contribution in [2.45, 2.75) is 19.4 Å². The molecule has 1 aliphatic heterocycles. The van der Waals surface area contributed by atoms with Crippen molar-refractivity contribution in [3.63, 3.8) is 0 Å². The van der Waals surface area contributed by atoms with Crippen molar-refractivity contribution in [3.8, 4) is 0 Å². The van der Waals surface area contributed by atoms with Crippen molar-refractivity contribution < 1.29 is 4.79 Å². The van der Waals surface area contributed by atoms with Crippen LogP contribution in [-0.2, 0) is 18.9 Å². The lowest BCUT2D eigenvalue weighted by Crippen LogP contribution is -2.32. The van der Waals surface area contributed by atoms with Crippen LogP contribution in [-0.4, -0.2) is 43.0 Å². The van der Waals surface area contributed by atoms with E-state index in [-0.39, 0.29) is 17.9 Å². The lowest BCUT2D eigenvalue weighted by atomic mass is 9.99. The summed E-state index contributed by atoms with van der Waals surface area (Å²) in [7, 11) is 3.99. The lowest BCUT2D eigenvalue weighted by Gasteiger charge is -2.27. The van der Waals surface area contributed by atoms with Crippen LogP contribution in [0.15, 0.2) is 36.7 Å². The molecule has 0 radical (unpaired) electrons. The first kappa shape index (κ1) is 16.6. The van der Waals surface area contributed by atoms with Gasteiger partial charge < -0.3 is 19.4 Å². The van der Waals surface area contributed by atoms with Gasteiger partial charge in [-0.1, -0.05) is 12.1 Å². The van der Waals surface area contributed by atoms with Crippen LogP contribution in [0, 0.1) is 5.92 Å². The Hall–Kier alpha value is -2.83. The summed E-state index contributed by atoms with van der Waals surface area (Å²) in [6, 6.07) is 8.07. The molecule has 4 rings (SSSR count). The van der Waals surface area contributed by atoms with Crippen molar-refractivity contribution in [3.05, 3.63) is 42.5 Å². The van der Waals surface area contributed by atoms with Gasteiger partial charge in [-0.2, -0.15) is 0 Å². The number of rotatable bonds is 5. The maximum Gasteiger partial charge on any atom is 0.223 e. The van der Waals surface area contributed by atoms with E-state index >= 15 is 0 Å². The molecule has 1 aliphatic rings. The van der Waals surface area contributed by atoms with Crippen LogP contribution in [0.4, 0.5) is 5.95 Å². The Kier molecular flexibility index (Phi) is 4.14. The standard InChI is InChI=1S/C19H24N6O/c1-4-25-16(26)11-13(17(25)18-20-9-10-23(18)2)12-21-19-22-14-7-5-6-8-15(14)24(19)3/h5-10,13,17H,4,11-12H2,1-3H3,(H,21,22)/t13-,17+/m0/s1. The van der Waals surface area contributed by atoms with Gasteiger partial charge in [-0.3, -0.25) is 4.79 Å². The Morgan fingerprint density at radius 2 is 2.08 bits per heavy atom. The zero-order valence-corrected chi connectivity index (χ0v) is 15.4. The number of imidazole rings is 2. The van der Waals surface area contributed by atoms with E-state index in [0.717, 1.165) is 22.8 Å². The highest BCUT2D eigenvalue weighted by Gasteiger charge is 2.41. The molecule has 0 aliphatic carbocycles. The number of amides is 1. The minimum atomic E-state index is -0.00492. The van der Waals surface area contributed by atoms with Crippen LogP contribution in [0.1, 0.15) is 25.2 Å². The molecule has 0 spiro atoms. The number of carbonyl (C=O) groups excluding carboxylic acids is 1. The summed E-state index contributed by atoms with van der Waals surface area (Å²) in [6.45, 7) is 3.39. The summed E-state index contributed by atoms with van der Waals surface area (Å²) in [5, 5.41) is 3.46. The highest BCUT2D eigenvalue weighted by atomic mass is 16.2. The van der Waals surface area contributed by atoms with E-state index in [1.807, 2.05) is 54.9 Å². The first-order valence-electron chi connectivity index (χ1n) is 9.02. The van der Waals surface area contributed by atoms with Gasteiger partial charge in [0.25, 0.3) is 0 Å². The molecule has 1 N–H and O–H groups in total. The average molecular weight is 352 g/mol. The number of carbonyl (C=O) groups is 1. The maximum atomic E-state index is 12.5. The average Bonchev–Trinajstić information content (AvgIpc) is 3.29. The summed E-state index contributed by atoms with van der Waals surface area (Å²) in [5.74, 6) is 2.11. The highest BCUT2D eigenvalue weighted by Crippen LogP contribution is 2.37. The number of nitrogens with zero attached hydrogens (tertiary/aromatic N) is 5. The molecule has 7 nitrogen and oxygen atoms in total. The Balaban J connectivity index is 1.58. The van der Waals surface area contributed by atoms with Gasteiger partial charge in [-0.05, 0) is 19.1 Å². The first-order chi connectivity index (χ1) is 12.6. The fourth-order valence-electron chi connectivity index (χ4n) is 3.96. The molecular weight excluding hydrogens is 328 g/mol. The van der Waals surface area contributed by atoms with Crippen molar-refractivity contribution in [1.29, 1.82) is 0 Å². The number of hydrogen-bond donors (Lipinski definition) is 1. The van der Waals surface area contributed by atoms with E-state index in [9.17, 15) is 4.79 Å². The molecule has 1 saturated heterocycles. The predicted molar refractivity (Wildman–Crippen MR) is 101 cm³/mol. The topological polar surface area (TPSA) is 68.0 Å².